The summed E-state index contributed by atoms with van der Waals surface area (Å²) in [6, 6.07) is 5.59. The molecule has 1 aliphatic rings. The number of hydrogen-bond donors (Lipinski definition) is 2. The lowest BCUT2D eigenvalue weighted by Crippen LogP contribution is -2.23. The van der Waals surface area contributed by atoms with E-state index in [1.807, 2.05) is 25.2 Å². The molecule has 0 radical (unpaired) electrons. The normalized spacial score (nSPS) is 18.6. The lowest BCUT2D eigenvalue weighted by Gasteiger charge is -2.10. The fourth-order valence-electron chi connectivity index (χ4n) is 2.20. The van der Waals surface area contributed by atoms with Crippen molar-refractivity contribution in [3.63, 3.8) is 0 Å². The lowest BCUT2D eigenvalue weighted by molar-refractivity contribution is -0.137. The van der Waals surface area contributed by atoms with Crippen LogP contribution in [-0.2, 0) is 4.79 Å². The first-order valence-electron chi connectivity index (χ1n) is 7.71. The fourth-order valence-corrected chi connectivity index (χ4v) is 4.29. The Morgan fingerprint density at radius 3 is 3.08 bits per heavy atom. The number of aromatic nitrogens is 1. The minimum atomic E-state index is -0.884. The molecule has 1 aliphatic heterocycles. The van der Waals surface area contributed by atoms with E-state index in [1.165, 1.54) is 23.1 Å². The molecule has 6 nitrogen and oxygen atoms in total. The highest BCUT2D eigenvalue weighted by Gasteiger charge is 2.26. The molecule has 2 heterocycles. The van der Waals surface area contributed by atoms with E-state index in [0.29, 0.717) is 23.4 Å². The van der Waals surface area contributed by atoms with Gasteiger partial charge in [-0.2, -0.15) is 0 Å². The molecule has 2 N–H and O–H groups in total. The molecule has 1 aromatic heterocycles. The van der Waals surface area contributed by atoms with Crippen LogP contribution in [0.1, 0.15) is 18.4 Å². The van der Waals surface area contributed by atoms with Gasteiger partial charge < -0.3 is 15.2 Å². The van der Waals surface area contributed by atoms with Crippen LogP contribution in [0.2, 0.25) is 0 Å². The maximum absolute atomic E-state index is 11.0. The summed E-state index contributed by atoms with van der Waals surface area (Å²) in [7, 11) is 1.94. The van der Waals surface area contributed by atoms with Crippen LogP contribution in [0.3, 0.4) is 0 Å². The maximum atomic E-state index is 11.0. The van der Waals surface area contributed by atoms with Crippen molar-refractivity contribution < 1.29 is 14.6 Å². The van der Waals surface area contributed by atoms with Gasteiger partial charge in [0.05, 0.1) is 16.8 Å². The maximum Gasteiger partial charge on any atom is 0.329 e. The van der Waals surface area contributed by atoms with Gasteiger partial charge in [0.1, 0.15) is 15.8 Å². The summed E-state index contributed by atoms with van der Waals surface area (Å²) in [6.07, 6.45) is 0.937. The number of carboxylic acids is 1. The molecule has 128 valence electrons. The number of hydrogen-bond acceptors (Lipinski definition) is 7. The van der Waals surface area contributed by atoms with Crippen molar-refractivity contribution in [3.8, 4) is 5.75 Å². The number of carboxylic acid groups (broad SMARTS) is 1. The largest absolute Gasteiger partial charge is 0.493 e. The van der Waals surface area contributed by atoms with Crippen LogP contribution in [0.4, 0.5) is 0 Å². The minimum absolute atomic E-state index is 0.420. The Hall–Kier alpha value is -1.64. The van der Waals surface area contributed by atoms with E-state index in [2.05, 4.69) is 22.2 Å². The van der Waals surface area contributed by atoms with Crippen molar-refractivity contribution in [3.05, 3.63) is 23.2 Å². The van der Waals surface area contributed by atoms with Gasteiger partial charge in [0.25, 0.3) is 0 Å². The predicted octanol–water partition coefficient (Wildman–Crippen LogP) is 2.62. The number of ether oxygens (including phenoxy) is 1. The van der Waals surface area contributed by atoms with Crippen molar-refractivity contribution >= 4 is 44.3 Å². The van der Waals surface area contributed by atoms with Crippen LogP contribution >= 0.6 is 23.1 Å². The highest BCUT2D eigenvalue weighted by molar-refractivity contribution is 8.15. The molecule has 0 spiro atoms. The molecule has 3 rings (SSSR count). The molecular weight excluding hydrogens is 346 g/mol. The molecule has 0 aliphatic carbocycles. The summed E-state index contributed by atoms with van der Waals surface area (Å²) in [5.74, 6) is 0.411. The summed E-state index contributed by atoms with van der Waals surface area (Å²) >= 11 is 2.97. The molecule has 24 heavy (non-hydrogen) atoms. The first-order valence-corrected chi connectivity index (χ1v) is 9.51. The third-order valence-corrected chi connectivity index (χ3v) is 6.00. The summed E-state index contributed by atoms with van der Waals surface area (Å²) in [5.41, 5.74) is 0.882. The monoisotopic (exact) mass is 365 g/mol. The van der Waals surface area contributed by atoms with Crippen molar-refractivity contribution in [2.24, 2.45) is 4.99 Å². The number of thiazole rings is 1. The lowest BCUT2D eigenvalue weighted by atomic mass is 10.2. The van der Waals surface area contributed by atoms with E-state index in [0.717, 1.165) is 27.4 Å². The number of rotatable bonds is 7. The minimum Gasteiger partial charge on any atom is -0.493 e. The van der Waals surface area contributed by atoms with Gasteiger partial charge in [0.15, 0.2) is 6.04 Å². The average Bonchev–Trinajstić information content (AvgIpc) is 3.20. The van der Waals surface area contributed by atoms with Gasteiger partial charge in [-0.15, -0.1) is 23.1 Å². The highest BCUT2D eigenvalue weighted by atomic mass is 32.2. The Labute approximate surface area is 148 Å². The van der Waals surface area contributed by atoms with Crippen LogP contribution < -0.4 is 10.1 Å². The Morgan fingerprint density at radius 1 is 1.54 bits per heavy atom. The second kappa shape index (κ2) is 7.50. The fraction of sp³-hybridized carbons (Fsp3) is 0.438. The van der Waals surface area contributed by atoms with E-state index < -0.39 is 12.0 Å². The second-order valence-corrected chi connectivity index (χ2v) is 7.61. The number of nitrogens with one attached hydrogen (secondary N) is 1. The molecule has 0 fully saturated rings. The number of nitrogens with zero attached hydrogens (tertiary/aromatic N) is 2. The van der Waals surface area contributed by atoms with Crippen LogP contribution in [0, 0.1) is 0 Å². The highest BCUT2D eigenvalue weighted by Crippen LogP contribution is 2.31. The van der Waals surface area contributed by atoms with Crippen molar-refractivity contribution in [1.29, 1.82) is 0 Å². The summed E-state index contributed by atoms with van der Waals surface area (Å²) in [5, 5.41) is 13.7. The summed E-state index contributed by atoms with van der Waals surface area (Å²) in [4.78, 5) is 19.8. The van der Waals surface area contributed by atoms with E-state index in [4.69, 9.17) is 9.84 Å². The number of benzene rings is 1. The Bertz CT molecular complexity index is 775. The molecule has 8 heteroatoms. The standard InChI is InChI=1S/C16H19N3O3S2/c1-9(17-2)5-6-22-10-3-4-11-13(7-10)24-15(18-11)14-19-12(8-23-14)16(20)21/h3-4,7,9,12,17H,5-6,8H2,1-2H3,(H,20,21). The number of thioether (sulfide) groups is 1. The third kappa shape index (κ3) is 3.88. The van der Waals surface area contributed by atoms with Gasteiger partial charge in [-0.3, -0.25) is 4.99 Å². The van der Waals surface area contributed by atoms with E-state index in [9.17, 15) is 4.79 Å². The van der Waals surface area contributed by atoms with Gasteiger partial charge >= 0.3 is 5.97 Å². The van der Waals surface area contributed by atoms with Crippen molar-refractivity contribution in [1.82, 2.24) is 10.3 Å². The first kappa shape index (κ1) is 17.2. The van der Waals surface area contributed by atoms with E-state index in [1.54, 1.807) is 0 Å². The molecule has 0 saturated heterocycles. The van der Waals surface area contributed by atoms with Crippen LogP contribution in [0.5, 0.6) is 5.75 Å². The summed E-state index contributed by atoms with van der Waals surface area (Å²) in [6.45, 7) is 2.77. The molecular formula is C16H19N3O3S2. The smallest absolute Gasteiger partial charge is 0.329 e. The SMILES string of the molecule is CNC(C)CCOc1ccc2nc(C3=NC(C(=O)O)CS3)sc2c1. The molecule has 2 unspecified atom stereocenters. The topological polar surface area (TPSA) is 83.8 Å². The molecule has 2 aromatic rings. The zero-order chi connectivity index (χ0) is 17.1. The Balaban J connectivity index is 1.72. The molecule has 0 saturated carbocycles. The number of aliphatic carboxylic acids is 1. The van der Waals surface area contributed by atoms with Gasteiger partial charge in [-0.05, 0) is 38.6 Å². The van der Waals surface area contributed by atoms with Crippen molar-refractivity contribution in [2.45, 2.75) is 25.4 Å². The summed E-state index contributed by atoms with van der Waals surface area (Å²) < 4.78 is 6.82. The van der Waals surface area contributed by atoms with Crippen molar-refractivity contribution in [2.75, 3.05) is 19.4 Å². The zero-order valence-electron chi connectivity index (χ0n) is 13.5. The first-order chi connectivity index (χ1) is 11.6. The predicted molar refractivity (Wildman–Crippen MR) is 98.7 cm³/mol. The average molecular weight is 365 g/mol. The second-order valence-electron chi connectivity index (χ2n) is 5.57. The Kier molecular flexibility index (Phi) is 5.37. The van der Waals surface area contributed by atoms with Crippen LogP contribution in [0.15, 0.2) is 23.2 Å². The number of fused-ring (bicyclic) bond motifs is 1. The van der Waals surface area contributed by atoms with Gasteiger partial charge in [-0.1, -0.05) is 0 Å². The molecule has 0 bridgehead atoms. The van der Waals surface area contributed by atoms with Crippen LogP contribution in [0.25, 0.3) is 10.2 Å². The Morgan fingerprint density at radius 2 is 2.38 bits per heavy atom. The van der Waals surface area contributed by atoms with Gasteiger partial charge in [-0.25, -0.2) is 9.78 Å². The molecule has 1 aromatic carbocycles. The van der Waals surface area contributed by atoms with E-state index >= 15 is 0 Å². The zero-order valence-corrected chi connectivity index (χ0v) is 15.1. The van der Waals surface area contributed by atoms with Gasteiger partial charge in [0.2, 0.25) is 0 Å². The number of aliphatic imine (C=N–C) groups is 1. The third-order valence-electron chi connectivity index (χ3n) is 3.79. The molecule has 0 amide bonds. The number of carbonyl (C=O) groups is 1. The van der Waals surface area contributed by atoms with E-state index in [-0.39, 0.29) is 0 Å². The van der Waals surface area contributed by atoms with Gasteiger partial charge in [0, 0.05) is 11.8 Å². The quantitative estimate of drug-likeness (QED) is 0.785. The van der Waals surface area contributed by atoms with Crippen LogP contribution in [-0.4, -0.2) is 52.6 Å². The molecule has 2 atom stereocenters.